The molecular weight excluding hydrogens is 99.0 g/mol. The van der Waals surface area contributed by atoms with E-state index in [1.807, 2.05) is 0 Å². The van der Waals surface area contributed by atoms with Gasteiger partial charge in [-0.2, -0.15) is 0 Å². The maximum absolute atomic E-state index is 0. The zero-order chi connectivity index (χ0) is 0. The Morgan fingerprint density at radius 3 is 0.400 bits per heavy atom. The first-order valence-electron chi connectivity index (χ1n) is 0. The van der Waals surface area contributed by atoms with Crippen LogP contribution < -0.4 is 0 Å². The van der Waals surface area contributed by atoms with E-state index in [-0.39, 0.29) is 48.4 Å². The Morgan fingerprint density at radius 1 is 0.400 bits per heavy atom. The number of hydrogen-bond acceptors (Lipinski definition) is 0. The van der Waals surface area contributed by atoms with Crippen LogP contribution in [-0.2, 0) is 0 Å². The minimum atomic E-state index is 0. The molecule has 0 unspecified atom stereocenters. The van der Waals surface area contributed by atoms with Gasteiger partial charge in [0.1, 0.15) is 0 Å². The first kappa shape index (κ1) is 246. The topological polar surface area (TPSA) is 0 Å². The van der Waals surface area contributed by atoms with Gasteiger partial charge in [-0.1, -0.05) is 0 Å². The van der Waals surface area contributed by atoms with Gasteiger partial charge < -0.3 is 0 Å². The van der Waals surface area contributed by atoms with Crippen molar-refractivity contribution in [1.29, 1.82) is 0 Å². The third kappa shape index (κ3) is 67.4. The van der Waals surface area contributed by atoms with Crippen LogP contribution in [0.5, 0.6) is 0 Å². The Morgan fingerprint density at radius 2 is 0.400 bits per heavy atom. The predicted molar refractivity (Wildman–Crippen MR) is 15.8 cm³/mol. The summed E-state index contributed by atoms with van der Waals surface area (Å²) < 4.78 is 0. The van der Waals surface area contributed by atoms with Crippen LogP contribution >= 0.6 is 0 Å². The smallest absolute Gasteiger partial charge is 0 e. The Bertz CT molecular complexity index is 3.61. The molecule has 5 heteroatoms. The van der Waals surface area contributed by atoms with Crippen LogP contribution in [0.2, 0.25) is 0 Å². The Balaban J connectivity index is 0. The monoisotopic (exact) mass is 103 g/mol. The minimum Gasteiger partial charge on any atom is -0.269 e. The van der Waals surface area contributed by atoms with Gasteiger partial charge in [-0.25, -0.2) is 0 Å². The fourth-order valence-corrected chi connectivity index (χ4v) is 0. The summed E-state index contributed by atoms with van der Waals surface area (Å²) in [6, 6.07) is 0. The average molecular weight is 103 g/mol. The molecular formula is H4F4Na. The second-order valence-corrected chi connectivity index (χ2v) is 0. The molecule has 5 heavy (non-hydrogen) atoms. The molecule has 0 fully saturated rings. The zero-order valence-corrected chi connectivity index (χ0v) is 4.63. The first-order chi connectivity index (χ1) is 0. The summed E-state index contributed by atoms with van der Waals surface area (Å²) in [4.78, 5) is 0. The summed E-state index contributed by atoms with van der Waals surface area (Å²) in [7, 11) is 0. The summed E-state index contributed by atoms with van der Waals surface area (Å²) in [6.45, 7) is 0. The van der Waals surface area contributed by atoms with Crippen molar-refractivity contribution >= 4 is 29.6 Å². The molecule has 0 N–H and O–H groups in total. The van der Waals surface area contributed by atoms with E-state index in [9.17, 15) is 0 Å². The Labute approximate surface area is 48.7 Å². The summed E-state index contributed by atoms with van der Waals surface area (Å²) in [6.07, 6.45) is 0. The van der Waals surface area contributed by atoms with E-state index < -0.39 is 0 Å². The SMILES string of the molecule is F.F.F.F.[Na]. The molecule has 0 atom stereocenters. The van der Waals surface area contributed by atoms with E-state index in [1.54, 1.807) is 0 Å². The van der Waals surface area contributed by atoms with Gasteiger partial charge in [0.15, 0.2) is 0 Å². The van der Waals surface area contributed by atoms with Crippen molar-refractivity contribution in [2.75, 3.05) is 0 Å². The van der Waals surface area contributed by atoms with Crippen molar-refractivity contribution in [3.63, 3.8) is 0 Å². The molecule has 33 valence electrons. The first-order valence-corrected chi connectivity index (χ1v) is 0. The van der Waals surface area contributed by atoms with Crippen molar-refractivity contribution in [2.24, 2.45) is 0 Å². The van der Waals surface area contributed by atoms with Crippen molar-refractivity contribution in [3.05, 3.63) is 0 Å². The predicted octanol–water partition coefficient (Wildman–Crippen LogP) is 0.229. The van der Waals surface area contributed by atoms with Gasteiger partial charge in [0.2, 0.25) is 0 Å². The van der Waals surface area contributed by atoms with Crippen LogP contribution in [0.1, 0.15) is 0 Å². The van der Waals surface area contributed by atoms with E-state index in [0.29, 0.717) is 0 Å². The van der Waals surface area contributed by atoms with Crippen LogP contribution in [0.25, 0.3) is 0 Å². The second kappa shape index (κ2) is 126. The minimum absolute atomic E-state index is 0. The number of hydrogen-bond donors (Lipinski definition) is 0. The van der Waals surface area contributed by atoms with E-state index in [1.165, 1.54) is 0 Å². The Kier molecular flexibility index (Phi) is 6190. The van der Waals surface area contributed by atoms with Gasteiger partial charge in [0.05, 0.1) is 0 Å². The molecule has 0 aromatic rings. The van der Waals surface area contributed by atoms with Crippen LogP contribution in [0.4, 0.5) is 18.8 Å². The molecule has 0 heterocycles. The molecule has 0 aliphatic carbocycles. The normalized spacial score (nSPS) is 0. The Hall–Kier alpha value is 0.720. The van der Waals surface area contributed by atoms with Gasteiger partial charge in [0, 0.05) is 29.6 Å². The van der Waals surface area contributed by atoms with E-state index >= 15 is 0 Å². The number of rotatable bonds is 0. The van der Waals surface area contributed by atoms with Crippen LogP contribution in [0.15, 0.2) is 0 Å². The molecule has 0 saturated carbocycles. The van der Waals surface area contributed by atoms with Crippen LogP contribution in [-0.4, -0.2) is 29.6 Å². The molecule has 0 aliphatic heterocycles. The fourth-order valence-electron chi connectivity index (χ4n) is 0. The maximum Gasteiger partial charge on any atom is 0 e. The number of halogens is 4. The third-order valence-corrected chi connectivity index (χ3v) is 0. The molecule has 0 aromatic carbocycles. The second-order valence-electron chi connectivity index (χ2n) is 0. The molecule has 0 aromatic heterocycles. The molecule has 0 amide bonds. The van der Waals surface area contributed by atoms with Crippen LogP contribution in [0.3, 0.4) is 0 Å². The fraction of sp³-hybridized carbons (Fsp3) is 0. The quantitative estimate of drug-likeness (QED) is 0.304. The molecule has 0 rings (SSSR count). The zero-order valence-electron chi connectivity index (χ0n) is 2.63. The average Bonchev–Trinajstić information content (AvgIpc) is 0. The van der Waals surface area contributed by atoms with Gasteiger partial charge in [-0.15, -0.1) is 0 Å². The van der Waals surface area contributed by atoms with Gasteiger partial charge in [-0.05, 0) is 0 Å². The standard InChI is InChI=1S/4FH.Na/h4*1H;. The molecule has 0 saturated heterocycles. The summed E-state index contributed by atoms with van der Waals surface area (Å²) in [5.74, 6) is 0. The van der Waals surface area contributed by atoms with Crippen LogP contribution in [0, 0.1) is 0 Å². The van der Waals surface area contributed by atoms with E-state index in [4.69, 9.17) is 0 Å². The van der Waals surface area contributed by atoms with Crippen molar-refractivity contribution in [2.45, 2.75) is 0 Å². The molecule has 0 bridgehead atoms. The van der Waals surface area contributed by atoms with Crippen molar-refractivity contribution in [1.82, 2.24) is 0 Å². The molecule has 0 nitrogen and oxygen atoms in total. The molecule has 0 aliphatic rings. The van der Waals surface area contributed by atoms with E-state index in [2.05, 4.69) is 0 Å². The third-order valence-electron chi connectivity index (χ3n) is 0. The van der Waals surface area contributed by atoms with Gasteiger partial charge >= 0.3 is 0 Å². The maximum atomic E-state index is 0. The summed E-state index contributed by atoms with van der Waals surface area (Å²) in [5, 5.41) is 0. The van der Waals surface area contributed by atoms with Crippen molar-refractivity contribution in [3.8, 4) is 0 Å². The molecule has 1 radical (unpaired) electrons. The van der Waals surface area contributed by atoms with E-state index in [0.717, 1.165) is 0 Å². The van der Waals surface area contributed by atoms with Crippen molar-refractivity contribution < 1.29 is 18.8 Å². The van der Waals surface area contributed by atoms with Gasteiger partial charge in [-0.3, -0.25) is 18.8 Å². The largest absolute Gasteiger partial charge is 0.269 e. The summed E-state index contributed by atoms with van der Waals surface area (Å²) in [5.41, 5.74) is 0. The van der Waals surface area contributed by atoms with Gasteiger partial charge in [0.25, 0.3) is 0 Å². The molecule has 0 spiro atoms. The summed E-state index contributed by atoms with van der Waals surface area (Å²) >= 11 is 0.